The van der Waals surface area contributed by atoms with E-state index >= 15 is 0 Å². The van der Waals surface area contributed by atoms with Gasteiger partial charge in [-0.15, -0.1) is 0 Å². The van der Waals surface area contributed by atoms with Crippen molar-refractivity contribution >= 4 is 0 Å². The molecular formula is C17H27FN2. The first kappa shape index (κ1) is 15.5. The maximum Gasteiger partial charge on any atom is 0.127 e. The summed E-state index contributed by atoms with van der Waals surface area (Å²) in [5, 5.41) is 3.66. The molecule has 1 aromatic rings. The highest BCUT2D eigenvalue weighted by molar-refractivity contribution is 5.17. The molecule has 0 bridgehead atoms. The number of nitrogens with one attached hydrogen (secondary N) is 1. The van der Waals surface area contributed by atoms with Crippen LogP contribution in [0.3, 0.4) is 0 Å². The molecule has 0 spiro atoms. The van der Waals surface area contributed by atoms with Gasteiger partial charge in [-0.3, -0.25) is 4.90 Å². The third kappa shape index (κ3) is 3.58. The Morgan fingerprint density at radius 3 is 2.60 bits per heavy atom. The number of benzene rings is 1. The topological polar surface area (TPSA) is 15.3 Å². The molecule has 0 radical (unpaired) electrons. The number of hydrogen-bond acceptors (Lipinski definition) is 2. The van der Waals surface area contributed by atoms with Crippen molar-refractivity contribution in [3.8, 4) is 0 Å². The number of nitrogens with zero attached hydrogens (tertiary/aromatic N) is 1. The van der Waals surface area contributed by atoms with Gasteiger partial charge in [-0.05, 0) is 17.9 Å². The Morgan fingerprint density at radius 1 is 1.30 bits per heavy atom. The van der Waals surface area contributed by atoms with Gasteiger partial charge in [0.15, 0.2) is 0 Å². The fourth-order valence-corrected chi connectivity index (χ4v) is 2.88. The smallest absolute Gasteiger partial charge is 0.127 e. The zero-order valence-electron chi connectivity index (χ0n) is 13.1. The van der Waals surface area contributed by atoms with Crippen molar-refractivity contribution in [3.05, 3.63) is 35.6 Å². The molecule has 1 saturated heterocycles. The van der Waals surface area contributed by atoms with E-state index in [4.69, 9.17) is 0 Å². The molecule has 0 saturated carbocycles. The monoisotopic (exact) mass is 278 g/mol. The van der Waals surface area contributed by atoms with Gasteiger partial charge in [0.2, 0.25) is 0 Å². The molecule has 1 N–H and O–H groups in total. The fraction of sp³-hybridized carbons (Fsp3) is 0.647. The maximum absolute atomic E-state index is 13.9. The molecule has 112 valence electrons. The molecular weight excluding hydrogens is 251 g/mol. The molecule has 2 nitrogen and oxygen atoms in total. The van der Waals surface area contributed by atoms with Crippen LogP contribution >= 0.6 is 0 Å². The zero-order valence-corrected chi connectivity index (χ0v) is 13.1. The first-order chi connectivity index (χ1) is 9.41. The summed E-state index contributed by atoms with van der Waals surface area (Å²) in [4.78, 5) is 2.44. The van der Waals surface area contributed by atoms with Gasteiger partial charge in [0.1, 0.15) is 5.82 Å². The van der Waals surface area contributed by atoms with Gasteiger partial charge in [0.25, 0.3) is 0 Å². The van der Waals surface area contributed by atoms with Crippen LogP contribution in [0.5, 0.6) is 0 Å². The van der Waals surface area contributed by atoms with Crippen molar-refractivity contribution in [2.75, 3.05) is 13.1 Å². The summed E-state index contributed by atoms with van der Waals surface area (Å²) in [5.74, 6) is -0.0896. The van der Waals surface area contributed by atoms with Gasteiger partial charge in [-0.1, -0.05) is 45.9 Å². The van der Waals surface area contributed by atoms with Crippen molar-refractivity contribution in [2.24, 2.45) is 5.41 Å². The van der Waals surface area contributed by atoms with Crippen molar-refractivity contribution in [1.82, 2.24) is 10.2 Å². The third-order valence-electron chi connectivity index (χ3n) is 4.38. The van der Waals surface area contributed by atoms with Crippen LogP contribution in [0, 0.1) is 11.2 Å². The van der Waals surface area contributed by atoms with E-state index in [1.165, 1.54) is 0 Å². The largest absolute Gasteiger partial charge is 0.311 e. The predicted octanol–water partition coefficient (Wildman–Crippen LogP) is 3.42. The fourth-order valence-electron chi connectivity index (χ4n) is 2.88. The van der Waals surface area contributed by atoms with Gasteiger partial charge in [0.05, 0.1) is 0 Å². The minimum atomic E-state index is -0.0896. The van der Waals surface area contributed by atoms with Crippen LogP contribution < -0.4 is 5.32 Å². The van der Waals surface area contributed by atoms with Crippen molar-refractivity contribution in [3.63, 3.8) is 0 Å². The van der Waals surface area contributed by atoms with E-state index in [1.54, 1.807) is 12.1 Å². The summed E-state index contributed by atoms with van der Waals surface area (Å²) < 4.78 is 13.9. The number of rotatable bonds is 3. The lowest BCUT2D eigenvalue weighted by Crippen LogP contribution is -2.59. The Kier molecular flexibility index (Phi) is 4.82. The molecule has 2 atom stereocenters. The molecule has 0 aliphatic carbocycles. The quantitative estimate of drug-likeness (QED) is 0.911. The van der Waals surface area contributed by atoms with E-state index in [2.05, 4.69) is 37.9 Å². The summed E-state index contributed by atoms with van der Waals surface area (Å²) in [7, 11) is 0. The minimum Gasteiger partial charge on any atom is -0.311 e. The lowest BCUT2D eigenvalue weighted by atomic mass is 9.84. The average Bonchev–Trinajstić information content (AvgIpc) is 2.40. The number of halogens is 1. The Hall–Kier alpha value is -0.930. The second-order valence-corrected chi connectivity index (χ2v) is 6.91. The summed E-state index contributed by atoms with van der Waals surface area (Å²) in [6.07, 6.45) is 1.10. The standard InChI is InChI=1S/C17H27FN2/c1-5-14-10-19-16(17(2,3)4)12-20(14)11-13-8-6-7-9-15(13)18/h6-9,14,16,19H,5,10-12H2,1-4H3. The van der Waals surface area contributed by atoms with Crippen molar-refractivity contribution in [1.29, 1.82) is 0 Å². The molecule has 1 fully saturated rings. The Morgan fingerprint density at radius 2 is 2.00 bits per heavy atom. The molecule has 0 amide bonds. The Balaban J connectivity index is 2.12. The zero-order chi connectivity index (χ0) is 14.8. The second-order valence-electron chi connectivity index (χ2n) is 6.91. The van der Waals surface area contributed by atoms with Crippen LogP contribution in [0.2, 0.25) is 0 Å². The van der Waals surface area contributed by atoms with E-state index in [-0.39, 0.29) is 11.2 Å². The van der Waals surface area contributed by atoms with Crippen LogP contribution in [0.25, 0.3) is 0 Å². The van der Waals surface area contributed by atoms with E-state index in [1.807, 2.05) is 12.1 Å². The number of piperazine rings is 1. The average molecular weight is 278 g/mol. The first-order valence-corrected chi connectivity index (χ1v) is 7.62. The van der Waals surface area contributed by atoms with Gasteiger partial charge in [-0.2, -0.15) is 0 Å². The molecule has 2 unspecified atom stereocenters. The SMILES string of the molecule is CCC1CNC(C(C)(C)C)CN1Cc1ccccc1F. The minimum absolute atomic E-state index is 0.0896. The Labute approximate surface area is 122 Å². The van der Waals surface area contributed by atoms with Gasteiger partial charge < -0.3 is 5.32 Å². The highest BCUT2D eigenvalue weighted by atomic mass is 19.1. The van der Waals surface area contributed by atoms with Crippen LogP contribution in [0.15, 0.2) is 24.3 Å². The van der Waals surface area contributed by atoms with Crippen LogP contribution in [-0.2, 0) is 6.54 Å². The summed E-state index contributed by atoms with van der Waals surface area (Å²) >= 11 is 0. The van der Waals surface area contributed by atoms with Crippen LogP contribution in [-0.4, -0.2) is 30.1 Å². The predicted molar refractivity (Wildman–Crippen MR) is 82.1 cm³/mol. The normalized spacial score (nSPS) is 24.9. The lowest BCUT2D eigenvalue weighted by molar-refractivity contribution is 0.0766. The first-order valence-electron chi connectivity index (χ1n) is 7.62. The van der Waals surface area contributed by atoms with Gasteiger partial charge in [-0.25, -0.2) is 4.39 Å². The summed E-state index contributed by atoms with van der Waals surface area (Å²) in [6, 6.07) is 8.08. The maximum atomic E-state index is 13.9. The highest BCUT2D eigenvalue weighted by Crippen LogP contribution is 2.25. The molecule has 1 aliphatic heterocycles. The van der Waals surface area contributed by atoms with Gasteiger partial charge >= 0.3 is 0 Å². The van der Waals surface area contributed by atoms with Gasteiger partial charge in [0, 0.05) is 37.3 Å². The molecule has 0 aromatic heterocycles. The van der Waals surface area contributed by atoms with Crippen LogP contribution in [0.1, 0.15) is 39.7 Å². The van der Waals surface area contributed by atoms with Crippen molar-refractivity contribution in [2.45, 2.75) is 52.7 Å². The van der Waals surface area contributed by atoms with E-state index in [0.717, 1.165) is 25.1 Å². The van der Waals surface area contributed by atoms with E-state index < -0.39 is 0 Å². The molecule has 1 aliphatic rings. The Bertz CT molecular complexity index is 439. The summed E-state index contributed by atoms with van der Waals surface area (Å²) in [5.41, 5.74) is 1.03. The molecule has 2 rings (SSSR count). The molecule has 1 aromatic carbocycles. The number of hydrogen-bond donors (Lipinski definition) is 1. The van der Waals surface area contributed by atoms with Crippen molar-refractivity contribution < 1.29 is 4.39 Å². The third-order valence-corrected chi connectivity index (χ3v) is 4.38. The summed E-state index contributed by atoms with van der Waals surface area (Å²) in [6.45, 7) is 11.7. The molecule has 1 heterocycles. The highest BCUT2D eigenvalue weighted by Gasteiger charge is 2.33. The van der Waals surface area contributed by atoms with E-state index in [9.17, 15) is 4.39 Å². The lowest BCUT2D eigenvalue weighted by Gasteiger charge is -2.45. The second kappa shape index (κ2) is 6.23. The van der Waals surface area contributed by atoms with E-state index in [0.29, 0.717) is 18.6 Å². The molecule has 3 heteroatoms. The molecule has 20 heavy (non-hydrogen) atoms. The van der Waals surface area contributed by atoms with Crippen LogP contribution in [0.4, 0.5) is 4.39 Å².